The molecule has 1 aliphatic carbocycles. The molecule has 4 nitrogen and oxygen atoms in total. The molecule has 3 rings (SSSR count). The van der Waals surface area contributed by atoms with Gasteiger partial charge in [0, 0.05) is 10.9 Å². The third-order valence-corrected chi connectivity index (χ3v) is 5.16. The first kappa shape index (κ1) is 20.1. The van der Waals surface area contributed by atoms with Gasteiger partial charge in [0.25, 0.3) is 0 Å². The summed E-state index contributed by atoms with van der Waals surface area (Å²) in [6.07, 6.45) is 1.88. The number of rotatable bonds is 5. The number of methoxy groups -OCH3 is 1. The maximum Gasteiger partial charge on any atom is 0.317 e. The molecule has 2 aromatic carbocycles. The molecule has 0 saturated heterocycles. The summed E-state index contributed by atoms with van der Waals surface area (Å²) in [5.74, 6) is -2.26. The van der Waals surface area contributed by atoms with Crippen molar-refractivity contribution in [3.8, 4) is 5.75 Å². The van der Waals surface area contributed by atoms with Crippen molar-refractivity contribution < 1.29 is 23.5 Å². The predicted octanol–water partition coefficient (Wildman–Crippen LogP) is 4.81. The van der Waals surface area contributed by atoms with E-state index in [1.54, 1.807) is 26.2 Å². The molecular weight excluding hydrogens is 383 g/mol. The minimum Gasteiger partial charge on any atom is -0.497 e. The van der Waals surface area contributed by atoms with E-state index in [9.17, 15) is 14.0 Å². The minimum atomic E-state index is -1.01. The molecule has 0 spiro atoms. The van der Waals surface area contributed by atoms with Crippen LogP contribution < -0.4 is 4.74 Å². The molecular formula is C22H20ClFO4. The maximum absolute atomic E-state index is 13.5. The number of carbonyl (C=O) groups excluding carboxylic acids is 2. The van der Waals surface area contributed by atoms with Crippen LogP contribution in [0.25, 0.3) is 5.57 Å². The quantitative estimate of drug-likeness (QED) is 0.532. The van der Waals surface area contributed by atoms with E-state index in [1.807, 2.05) is 12.1 Å². The van der Waals surface area contributed by atoms with Crippen molar-refractivity contribution in [2.75, 3.05) is 13.7 Å². The van der Waals surface area contributed by atoms with Crippen LogP contribution in [0.3, 0.4) is 0 Å². The summed E-state index contributed by atoms with van der Waals surface area (Å²) >= 11 is 6.25. The summed E-state index contributed by atoms with van der Waals surface area (Å²) in [7, 11) is 1.58. The number of hydrogen-bond acceptors (Lipinski definition) is 4. The van der Waals surface area contributed by atoms with Gasteiger partial charge in [-0.25, -0.2) is 4.39 Å². The van der Waals surface area contributed by atoms with Gasteiger partial charge in [-0.05, 0) is 60.4 Å². The lowest BCUT2D eigenvalue weighted by atomic mass is 9.73. The largest absolute Gasteiger partial charge is 0.497 e. The Morgan fingerprint density at radius 2 is 1.93 bits per heavy atom. The predicted molar refractivity (Wildman–Crippen MR) is 105 cm³/mol. The van der Waals surface area contributed by atoms with E-state index in [2.05, 4.69) is 0 Å². The van der Waals surface area contributed by atoms with Gasteiger partial charge in [0.15, 0.2) is 5.78 Å². The molecule has 0 heterocycles. The fourth-order valence-electron chi connectivity index (χ4n) is 3.48. The fourth-order valence-corrected chi connectivity index (χ4v) is 3.79. The Morgan fingerprint density at radius 1 is 1.21 bits per heavy atom. The second-order valence-electron chi connectivity index (χ2n) is 6.51. The minimum absolute atomic E-state index is 0.168. The molecule has 0 bridgehead atoms. The highest BCUT2D eigenvalue weighted by Gasteiger charge is 2.40. The SMILES string of the molecule is CCOC(=O)[C@@H]1C(=O)C=C(c2ccc(OC)cc2)C[C@@H]1c1ccc(F)cc1Cl. The molecule has 0 unspecified atom stereocenters. The van der Waals surface area contributed by atoms with Crippen LogP contribution >= 0.6 is 11.6 Å². The fraction of sp³-hybridized carbons (Fsp3) is 0.273. The summed E-state index contributed by atoms with van der Waals surface area (Å²) in [4.78, 5) is 25.4. The first-order chi connectivity index (χ1) is 13.4. The van der Waals surface area contributed by atoms with Gasteiger partial charge >= 0.3 is 5.97 Å². The second-order valence-corrected chi connectivity index (χ2v) is 6.91. The van der Waals surface area contributed by atoms with Gasteiger partial charge in [-0.2, -0.15) is 0 Å². The molecule has 0 aromatic heterocycles. The molecule has 2 aromatic rings. The Balaban J connectivity index is 2.03. The van der Waals surface area contributed by atoms with E-state index in [1.165, 1.54) is 24.3 Å². The zero-order valence-corrected chi connectivity index (χ0v) is 16.3. The number of ketones is 1. The summed E-state index contributed by atoms with van der Waals surface area (Å²) in [5, 5.41) is 0.183. The Hall–Kier alpha value is -2.66. The van der Waals surface area contributed by atoms with Crippen LogP contribution in [0, 0.1) is 11.7 Å². The molecule has 0 amide bonds. The number of benzene rings is 2. The monoisotopic (exact) mass is 402 g/mol. The van der Waals surface area contributed by atoms with Crippen molar-refractivity contribution in [1.82, 2.24) is 0 Å². The van der Waals surface area contributed by atoms with Crippen molar-refractivity contribution in [1.29, 1.82) is 0 Å². The first-order valence-electron chi connectivity index (χ1n) is 8.95. The van der Waals surface area contributed by atoms with Crippen LogP contribution in [0.2, 0.25) is 5.02 Å². The highest BCUT2D eigenvalue weighted by molar-refractivity contribution is 6.31. The number of hydrogen-bond donors (Lipinski definition) is 0. The standard InChI is InChI=1S/C22H20ClFO4/c1-3-28-22(26)21-18(17-9-6-15(24)12-19(17)23)10-14(11-20(21)25)13-4-7-16(27-2)8-5-13/h4-9,11-12,18,21H,3,10H2,1-2H3/t18-,21+/m1/s1. The Bertz CT molecular complexity index is 921. The molecule has 28 heavy (non-hydrogen) atoms. The molecule has 0 N–H and O–H groups in total. The Morgan fingerprint density at radius 3 is 2.54 bits per heavy atom. The molecule has 2 atom stereocenters. The summed E-state index contributed by atoms with van der Waals surface area (Å²) < 4.78 is 23.8. The molecule has 0 aliphatic heterocycles. The van der Waals surface area contributed by atoms with Crippen LogP contribution in [-0.4, -0.2) is 25.5 Å². The topological polar surface area (TPSA) is 52.6 Å². The van der Waals surface area contributed by atoms with Crippen molar-refractivity contribution in [2.45, 2.75) is 19.3 Å². The number of esters is 1. The molecule has 0 fully saturated rings. The van der Waals surface area contributed by atoms with E-state index in [0.29, 0.717) is 17.7 Å². The lowest BCUT2D eigenvalue weighted by Gasteiger charge is -2.30. The lowest BCUT2D eigenvalue weighted by molar-refractivity contribution is -0.151. The van der Waals surface area contributed by atoms with E-state index in [4.69, 9.17) is 21.1 Å². The van der Waals surface area contributed by atoms with Gasteiger partial charge in [-0.15, -0.1) is 0 Å². The van der Waals surface area contributed by atoms with Gasteiger partial charge in [0.2, 0.25) is 0 Å². The van der Waals surface area contributed by atoms with Crippen LogP contribution in [0.1, 0.15) is 30.4 Å². The van der Waals surface area contributed by atoms with Gasteiger partial charge < -0.3 is 9.47 Å². The Kier molecular flexibility index (Phi) is 6.15. The van der Waals surface area contributed by atoms with E-state index in [-0.39, 0.29) is 17.4 Å². The van der Waals surface area contributed by atoms with Crippen molar-refractivity contribution >= 4 is 28.9 Å². The van der Waals surface area contributed by atoms with Gasteiger partial charge in [-0.1, -0.05) is 29.8 Å². The summed E-state index contributed by atoms with van der Waals surface area (Å²) in [5.41, 5.74) is 2.17. The Labute approximate surface area is 167 Å². The number of allylic oxidation sites excluding steroid dienone is 2. The average molecular weight is 403 g/mol. The molecule has 1 aliphatic rings. The summed E-state index contributed by atoms with van der Waals surface area (Å²) in [6, 6.07) is 11.3. The third-order valence-electron chi connectivity index (χ3n) is 4.83. The third kappa shape index (κ3) is 4.09. The number of ether oxygens (including phenoxy) is 2. The number of halogens is 2. The van der Waals surface area contributed by atoms with Crippen molar-refractivity contribution in [2.24, 2.45) is 5.92 Å². The highest BCUT2D eigenvalue weighted by atomic mass is 35.5. The summed E-state index contributed by atoms with van der Waals surface area (Å²) in [6.45, 7) is 1.85. The van der Waals surface area contributed by atoms with Crippen molar-refractivity contribution in [3.05, 3.63) is 70.5 Å². The second kappa shape index (κ2) is 8.57. The van der Waals surface area contributed by atoms with Crippen LogP contribution in [0.5, 0.6) is 5.75 Å². The van der Waals surface area contributed by atoms with Crippen LogP contribution in [-0.2, 0) is 14.3 Å². The van der Waals surface area contributed by atoms with Gasteiger partial charge in [0.05, 0.1) is 13.7 Å². The molecule has 0 saturated carbocycles. The maximum atomic E-state index is 13.5. The smallest absolute Gasteiger partial charge is 0.317 e. The van der Waals surface area contributed by atoms with Gasteiger partial charge in [0.1, 0.15) is 17.5 Å². The van der Waals surface area contributed by atoms with E-state index >= 15 is 0 Å². The lowest BCUT2D eigenvalue weighted by Crippen LogP contribution is -2.34. The van der Waals surface area contributed by atoms with Crippen molar-refractivity contribution in [3.63, 3.8) is 0 Å². The molecule has 0 radical (unpaired) electrons. The van der Waals surface area contributed by atoms with Crippen LogP contribution in [0.4, 0.5) is 4.39 Å². The highest BCUT2D eigenvalue weighted by Crippen LogP contribution is 2.42. The first-order valence-corrected chi connectivity index (χ1v) is 9.32. The zero-order valence-electron chi connectivity index (χ0n) is 15.6. The zero-order chi connectivity index (χ0) is 20.3. The normalized spacial score (nSPS) is 19.1. The van der Waals surface area contributed by atoms with Gasteiger partial charge in [-0.3, -0.25) is 9.59 Å². The van der Waals surface area contributed by atoms with E-state index in [0.717, 1.165) is 11.1 Å². The van der Waals surface area contributed by atoms with Crippen LogP contribution in [0.15, 0.2) is 48.5 Å². The molecule has 6 heteroatoms. The molecule has 146 valence electrons. The number of carbonyl (C=O) groups is 2. The van der Waals surface area contributed by atoms with E-state index < -0.39 is 23.6 Å². The average Bonchev–Trinajstić information content (AvgIpc) is 2.67.